The quantitative estimate of drug-likeness (QED) is 0.518. The number of carbonyl (C=O) groups excluding carboxylic acids is 1. The first-order valence-corrected chi connectivity index (χ1v) is 10.4. The summed E-state index contributed by atoms with van der Waals surface area (Å²) in [5.74, 6) is 2.82. The number of ether oxygens (including phenoxy) is 1. The van der Waals surface area contributed by atoms with Gasteiger partial charge in [-0.05, 0) is 69.2 Å². The Balaban J connectivity index is 1.34. The van der Waals surface area contributed by atoms with Crippen LogP contribution in [0.15, 0.2) is 41.1 Å². The fraction of sp³-hybridized carbons (Fsp3) is 0.333. The Labute approximate surface area is 173 Å². The average molecular weight is 401 g/mol. The summed E-state index contributed by atoms with van der Waals surface area (Å²) in [6.07, 6.45) is 7.07. The highest BCUT2D eigenvalue weighted by Crippen LogP contribution is 2.57. The maximum Gasteiger partial charge on any atom is 0.255 e. The largest absolute Gasteiger partial charge is 0.460 e. The average Bonchev–Trinajstić information content (AvgIpc) is 3.13. The van der Waals surface area contributed by atoms with Gasteiger partial charge in [0, 0.05) is 29.3 Å². The SMILES string of the molecule is Cc1cn2nccc(Oc3ccc4c(C(=O)NC56CC(C5)C6)c(C)oc4c3)c2c1C. The third-order valence-corrected chi connectivity index (χ3v) is 6.85. The monoisotopic (exact) mass is 401 g/mol. The van der Waals surface area contributed by atoms with Gasteiger partial charge in [0.05, 0.1) is 11.8 Å². The Hall–Kier alpha value is -3.28. The lowest BCUT2D eigenvalue weighted by molar-refractivity contribution is -0.0438. The van der Waals surface area contributed by atoms with Gasteiger partial charge in [0.1, 0.15) is 22.6 Å². The Morgan fingerprint density at radius 1 is 1.23 bits per heavy atom. The number of nitrogens with one attached hydrogen (secondary N) is 1. The third-order valence-electron chi connectivity index (χ3n) is 6.85. The van der Waals surface area contributed by atoms with Crippen LogP contribution in [0.5, 0.6) is 11.5 Å². The van der Waals surface area contributed by atoms with E-state index >= 15 is 0 Å². The zero-order valence-electron chi connectivity index (χ0n) is 17.3. The van der Waals surface area contributed by atoms with Crippen LogP contribution < -0.4 is 10.1 Å². The number of aromatic nitrogens is 2. The van der Waals surface area contributed by atoms with Gasteiger partial charge in [0.2, 0.25) is 0 Å². The molecule has 0 atom stereocenters. The molecule has 0 spiro atoms. The molecule has 3 saturated carbocycles. The highest BCUT2D eigenvalue weighted by atomic mass is 16.5. The van der Waals surface area contributed by atoms with Crippen molar-refractivity contribution in [3.63, 3.8) is 0 Å². The third kappa shape index (κ3) is 2.43. The van der Waals surface area contributed by atoms with Crippen molar-refractivity contribution in [1.29, 1.82) is 0 Å². The number of rotatable bonds is 4. The standard InChI is InChI=1S/C24H23N3O3/c1-13-12-27-22(14(13)2)19(6-7-25-27)30-17-4-5-18-20(8-17)29-15(3)21(18)23(28)26-24-9-16(10-24)11-24/h4-8,12,16H,9-11H2,1-3H3,(H,26,28). The molecule has 1 N–H and O–H groups in total. The van der Waals surface area contributed by atoms with E-state index in [0.29, 0.717) is 22.7 Å². The Bertz CT molecular complexity index is 1330. The van der Waals surface area contributed by atoms with Gasteiger partial charge in [-0.1, -0.05) is 0 Å². The highest BCUT2D eigenvalue weighted by molar-refractivity contribution is 6.07. The van der Waals surface area contributed by atoms with E-state index in [1.807, 2.05) is 41.9 Å². The fourth-order valence-electron chi connectivity index (χ4n) is 5.03. The summed E-state index contributed by atoms with van der Waals surface area (Å²) in [6.45, 7) is 5.97. The molecule has 3 fully saturated rings. The second-order valence-corrected chi connectivity index (χ2v) is 8.93. The van der Waals surface area contributed by atoms with Crippen LogP contribution in [0.3, 0.4) is 0 Å². The number of amides is 1. The number of hydrogen-bond acceptors (Lipinski definition) is 4. The van der Waals surface area contributed by atoms with Crippen molar-refractivity contribution in [1.82, 2.24) is 14.9 Å². The summed E-state index contributed by atoms with van der Waals surface area (Å²) in [4.78, 5) is 12.9. The van der Waals surface area contributed by atoms with E-state index in [0.717, 1.165) is 53.0 Å². The summed E-state index contributed by atoms with van der Waals surface area (Å²) in [7, 11) is 0. The van der Waals surface area contributed by atoms with E-state index in [9.17, 15) is 4.79 Å². The van der Waals surface area contributed by atoms with Crippen LogP contribution in [0.4, 0.5) is 0 Å². The number of benzene rings is 1. The number of nitrogens with zero attached hydrogens (tertiary/aromatic N) is 2. The van der Waals surface area contributed by atoms with Crippen molar-refractivity contribution >= 4 is 22.4 Å². The molecule has 1 aromatic carbocycles. The van der Waals surface area contributed by atoms with Crippen LogP contribution in [-0.2, 0) is 0 Å². The molecule has 6 nitrogen and oxygen atoms in total. The first-order chi connectivity index (χ1) is 14.4. The summed E-state index contributed by atoms with van der Waals surface area (Å²) in [5.41, 5.74) is 4.58. The van der Waals surface area contributed by atoms with Gasteiger partial charge >= 0.3 is 0 Å². The molecule has 3 aromatic heterocycles. The topological polar surface area (TPSA) is 68.8 Å². The minimum absolute atomic E-state index is 0.0341. The lowest BCUT2D eigenvalue weighted by Crippen LogP contribution is -2.68. The number of fused-ring (bicyclic) bond motifs is 2. The van der Waals surface area contributed by atoms with Gasteiger partial charge in [-0.2, -0.15) is 5.10 Å². The van der Waals surface area contributed by atoms with Gasteiger partial charge in [0.15, 0.2) is 5.75 Å². The van der Waals surface area contributed by atoms with Crippen molar-refractivity contribution in [3.8, 4) is 11.5 Å². The Morgan fingerprint density at radius 2 is 2.03 bits per heavy atom. The molecule has 4 aromatic rings. The molecule has 0 saturated heterocycles. The molecule has 2 bridgehead atoms. The molecule has 6 heteroatoms. The van der Waals surface area contributed by atoms with E-state index in [-0.39, 0.29) is 11.4 Å². The fourth-order valence-corrected chi connectivity index (χ4v) is 5.03. The molecule has 0 unspecified atom stereocenters. The zero-order chi connectivity index (χ0) is 20.6. The number of furan rings is 1. The van der Waals surface area contributed by atoms with Crippen LogP contribution in [-0.4, -0.2) is 21.1 Å². The highest BCUT2D eigenvalue weighted by Gasteiger charge is 2.57. The lowest BCUT2D eigenvalue weighted by atomic mass is 9.50. The van der Waals surface area contributed by atoms with Crippen LogP contribution in [0.2, 0.25) is 0 Å². The van der Waals surface area contributed by atoms with Gasteiger partial charge in [-0.15, -0.1) is 0 Å². The van der Waals surface area contributed by atoms with Crippen LogP contribution in [0, 0.1) is 26.7 Å². The smallest absolute Gasteiger partial charge is 0.255 e. The maximum absolute atomic E-state index is 12.9. The van der Waals surface area contributed by atoms with Gasteiger partial charge in [0.25, 0.3) is 5.91 Å². The summed E-state index contributed by atoms with van der Waals surface area (Å²) in [5, 5.41) is 8.42. The summed E-state index contributed by atoms with van der Waals surface area (Å²) >= 11 is 0. The number of aryl methyl sites for hydroxylation is 3. The van der Waals surface area contributed by atoms with E-state index in [4.69, 9.17) is 9.15 Å². The van der Waals surface area contributed by atoms with Crippen molar-refractivity contribution < 1.29 is 13.9 Å². The van der Waals surface area contributed by atoms with Crippen LogP contribution in [0.1, 0.15) is 46.5 Å². The number of hydrogen-bond donors (Lipinski definition) is 1. The lowest BCUT2D eigenvalue weighted by Gasteiger charge is -2.61. The van der Waals surface area contributed by atoms with Crippen LogP contribution in [0.25, 0.3) is 16.5 Å². The van der Waals surface area contributed by atoms with Gasteiger partial charge < -0.3 is 14.5 Å². The second kappa shape index (κ2) is 5.88. The van der Waals surface area contributed by atoms with Gasteiger partial charge in [-0.25, -0.2) is 4.52 Å². The van der Waals surface area contributed by atoms with E-state index in [1.165, 1.54) is 0 Å². The molecular formula is C24H23N3O3. The van der Waals surface area contributed by atoms with Crippen molar-refractivity contribution in [3.05, 3.63) is 59.1 Å². The van der Waals surface area contributed by atoms with Crippen molar-refractivity contribution in [2.24, 2.45) is 5.92 Å². The van der Waals surface area contributed by atoms with Crippen LogP contribution >= 0.6 is 0 Å². The van der Waals surface area contributed by atoms with Crippen molar-refractivity contribution in [2.75, 3.05) is 0 Å². The molecule has 3 heterocycles. The molecule has 0 radical (unpaired) electrons. The molecule has 7 rings (SSSR count). The Morgan fingerprint density at radius 3 is 2.77 bits per heavy atom. The molecule has 1 amide bonds. The van der Waals surface area contributed by atoms with Gasteiger partial charge in [-0.3, -0.25) is 4.79 Å². The normalized spacial score (nSPS) is 22.0. The predicted molar refractivity (Wildman–Crippen MR) is 113 cm³/mol. The van der Waals surface area contributed by atoms with E-state index in [2.05, 4.69) is 24.3 Å². The molecule has 30 heavy (non-hydrogen) atoms. The molecular weight excluding hydrogens is 378 g/mol. The number of carbonyl (C=O) groups is 1. The van der Waals surface area contributed by atoms with Crippen molar-refractivity contribution in [2.45, 2.75) is 45.6 Å². The summed E-state index contributed by atoms with van der Waals surface area (Å²) < 4.78 is 14.0. The van der Waals surface area contributed by atoms with E-state index < -0.39 is 0 Å². The predicted octanol–water partition coefficient (Wildman–Crippen LogP) is 5.08. The molecule has 3 aliphatic carbocycles. The maximum atomic E-state index is 12.9. The minimum atomic E-state index is -0.0341. The Kier molecular flexibility index (Phi) is 3.44. The molecule has 0 aliphatic heterocycles. The first kappa shape index (κ1) is 17.6. The minimum Gasteiger partial charge on any atom is -0.460 e. The second-order valence-electron chi connectivity index (χ2n) is 8.93. The molecule has 152 valence electrons. The summed E-state index contributed by atoms with van der Waals surface area (Å²) in [6, 6.07) is 7.51. The van der Waals surface area contributed by atoms with E-state index in [1.54, 1.807) is 6.20 Å². The molecule has 3 aliphatic rings. The first-order valence-electron chi connectivity index (χ1n) is 10.4. The zero-order valence-corrected chi connectivity index (χ0v) is 17.3.